The summed E-state index contributed by atoms with van der Waals surface area (Å²) in [7, 11) is 0. The summed E-state index contributed by atoms with van der Waals surface area (Å²) in [5.74, 6) is 2.14. The number of rotatable bonds is 4. The van der Waals surface area contributed by atoms with Gasteiger partial charge in [0.2, 0.25) is 5.75 Å². The van der Waals surface area contributed by atoms with Crippen molar-refractivity contribution in [3.05, 3.63) is 77.9 Å². The Morgan fingerprint density at radius 1 is 0.652 bits per heavy atom. The second-order valence-corrected chi connectivity index (χ2v) is 5.43. The van der Waals surface area contributed by atoms with Gasteiger partial charge in [0, 0.05) is 0 Å². The first-order chi connectivity index (χ1) is 11.1. The van der Waals surface area contributed by atoms with Crippen LogP contribution in [0.15, 0.2) is 66.7 Å². The molecule has 23 heavy (non-hydrogen) atoms. The van der Waals surface area contributed by atoms with E-state index in [4.69, 9.17) is 9.47 Å². The molecule has 0 amide bonds. The Hall–Kier alpha value is -2.94. The predicted octanol–water partition coefficient (Wildman–Crippen LogP) is 5.59. The van der Waals surface area contributed by atoms with Crippen LogP contribution in [0.25, 0.3) is 0 Å². The second-order valence-electron chi connectivity index (χ2n) is 5.43. The number of hydrogen-bond donors (Lipinski definition) is 1. The molecule has 3 rings (SSSR count). The molecular formula is C20H18O3. The first-order valence-electron chi connectivity index (χ1n) is 7.43. The highest BCUT2D eigenvalue weighted by Crippen LogP contribution is 2.41. The number of aromatic hydroxyl groups is 1. The molecule has 3 heteroatoms. The lowest BCUT2D eigenvalue weighted by Crippen LogP contribution is -1.91. The van der Waals surface area contributed by atoms with Crippen LogP contribution in [0.5, 0.6) is 28.7 Å². The van der Waals surface area contributed by atoms with E-state index >= 15 is 0 Å². The van der Waals surface area contributed by atoms with E-state index in [1.807, 2.05) is 62.4 Å². The third kappa shape index (κ3) is 3.64. The van der Waals surface area contributed by atoms with Crippen molar-refractivity contribution in [2.24, 2.45) is 0 Å². The fourth-order valence-electron chi connectivity index (χ4n) is 2.14. The lowest BCUT2D eigenvalue weighted by atomic mass is 10.2. The van der Waals surface area contributed by atoms with Gasteiger partial charge in [0.25, 0.3) is 0 Å². The first kappa shape index (κ1) is 15.0. The van der Waals surface area contributed by atoms with Gasteiger partial charge in [-0.1, -0.05) is 41.5 Å². The van der Waals surface area contributed by atoms with Gasteiger partial charge in [-0.3, -0.25) is 0 Å². The molecule has 0 saturated heterocycles. The molecule has 3 aromatic rings. The lowest BCUT2D eigenvalue weighted by Gasteiger charge is -2.13. The van der Waals surface area contributed by atoms with Crippen molar-refractivity contribution in [2.45, 2.75) is 13.8 Å². The average Bonchev–Trinajstić information content (AvgIpc) is 2.55. The molecule has 0 aliphatic carbocycles. The zero-order chi connectivity index (χ0) is 16.2. The quantitative estimate of drug-likeness (QED) is 0.682. The molecule has 0 heterocycles. The van der Waals surface area contributed by atoms with Gasteiger partial charge in [-0.25, -0.2) is 0 Å². The maximum absolute atomic E-state index is 10.1. The van der Waals surface area contributed by atoms with E-state index < -0.39 is 0 Å². The lowest BCUT2D eigenvalue weighted by molar-refractivity contribution is 0.381. The Morgan fingerprint density at radius 2 is 1.17 bits per heavy atom. The SMILES string of the molecule is Cc1ccc(Oc2cccc(O)c2Oc2ccc(C)cc2)cc1. The van der Waals surface area contributed by atoms with Gasteiger partial charge in [0.05, 0.1) is 0 Å². The highest BCUT2D eigenvalue weighted by Gasteiger charge is 2.12. The topological polar surface area (TPSA) is 38.7 Å². The smallest absolute Gasteiger partial charge is 0.211 e. The molecule has 0 saturated carbocycles. The molecule has 116 valence electrons. The number of benzene rings is 3. The van der Waals surface area contributed by atoms with Crippen LogP contribution < -0.4 is 9.47 Å². The molecule has 0 spiro atoms. The van der Waals surface area contributed by atoms with Gasteiger partial charge in [0.15, 0.2) is 11.5 Å². The molecule has 0 fully saturated rings. The number of hydrogen-bond acceptors (Lipinski definition) is 3. The van der Waals surface area contributed by atoms with E-state index in [1.165, 1.54) is 0 Å². The van der Waals surface area contributed by atoms with Gasteiger partial charge in [-0.05, 0) is 50.2 Å². The van der Waals surface area contributed by atoms with Crippen LogP contribution in [0.4, 0.5) is 0 Å². The van der Waals surface area contributed by atoms with Crippen molar-refractivity contribution in [1.82, 2.24) is 0 Å². The van der Waals surface area contributed by atoms with Crippen molar-refractivity contribution in [3.63, 3.8) is 0 Å². The maximum atomic E-state index is 10.1. The molecular weight excluding hydrogens is 288 g/mol. The summed E-state index contributed by atoms with van der Waals surface area (Å²) in [6.07, 6.45) is 0. The van der Waals surface area contributed by atoms with E-state index in [1.54, 1.807) is 18.2 Å². The Morgan fingerprint density at radius 3 is 1.74 bits per heavy atom. The zero-order valence-corrected chi connectivity index (χ0v) is 13.1. The minimum absolute atomic E-state index is 0.0372. The highest BCUT2D eigenvalue weighted by atomic mass is 16.5. The normalized spacial score (nSPS) is 10.3. The van der Waals surface area contributed by atoms with Crippen LogP contribution in [0.1, 0.15) is 11.1 Å². The average molecular weight is 306 g/mol. The number of ether oxygens (including phenoxy) is 2. The minimum Gasteiger partial charge on any atom is -0.504 e. The van der Waals surface area contributed by atoms with E-state index in [9.17, 15) is 5.11 Å². The number of phenolic OH excluding ortho intramolecular Hbond substituents is 1. The number of aryl methyl sites for hydroxylation is 2. The van der Waals surface area contributed by atoms with Crippen LogP contribution in [0.3, 0.4) is 0 Å². The summed E-state index contributed by atoms with van der Waals surface area (Å²) in [5.41, 5.74) is 2.30. The first-order valence-corrected chi connectivity index (χ1v) is 7.43. The Kier molecular flexibility index (Phi) is 4.20. The molecule has 0 unspecified atom stereocenters. The Bertz CT molecular complexity index is 790. The summed E-state index contributed by atoms with van der Waals surface area (Å²) in [4.78, 5) is 0. The minimum atomic E-state index is 0.0372. The third-order valence-electron chi connectivity index (χ3n) is 3.45. The summed E-state index contributed by atoms with van der Waals surface area (Å²) >= 11 is 0. The summed E-state index contributed by atoms with van der Waals surface area (Å²) < 4.78 is 11.7. The van der Waals surface area contributed by atoms with Crippen LogP contribution in [0.2, 0.25) is 0 Å². The number of phenols is 1. The summed E-state index contributed by atoms with van der Waals surface area (Å²) in [5, 5.41) is 10.1. The fourth-order valence-corrected chi connectivity index (χ4v) is 2.14. The third-order valence-corrected chi connectivity index (χ3v) is 3.45. The molecule has 0 atom stereocenters. The van der Waals surface area contributed by atoms with Crippen LogP contribution >= 0.6 is 0 Å². The van der Waals surface area contributed by atoms with Crippen LogP contribution in [0, 0.1) is 13.8 Å². The van der Waals surface area contributed by atoms with Crippen molar-refractivity contribution >= 4 is 0 Å². The van der Waals surface area contributed by atoms with Crippen molar-refractivity contribution in [3.8, 4) is 28.7 Å². The van der Waals surface area contributed by atoms with E-state index in [2.05, 4.69) is 0 Å². The van der Waals surface area contributed by atoms with Crippen LogP contribution in [-0.2, 0) is 0 Å². The maximum Gasteiger partial charge on any atom is 0.211 e. The van der Waals surface area contributed by atoms with Gasteiger partial charge < -0.3 is 14.6 Å². The highest BCUT2D eigenvalue weighted by molar-refractivity contribution is 5.53. The molecule has 3 aromatic carbocycles. The molecule has 0 aliphatic rings. The predicted molar refractivity (Wildman–Crippen MR) is 90.6 cm³/mol. The molecule has 1 N–H and O–H groups in total. The van der Waals surface area contributed by atoms with Crippen molar-refractivity contribution in [1.29, 1.82) is 0 Å². The molecule has 0 radical (unpaired) electrons. The van der Waals surface area contributed by atoms with E-state index in [0.29, 0.717) is 23.0 Å². The van der Waals surface area contributed by atoms with Gasteiger partial charge >= 0.3 is 0 Å². The standard InChI is InChI=1S/C20H18O3/c1-14-6-10-16(11-7-14)22-19-5-3-4-18(21)20(19)23-17-12-8-15(2)9-13-17/h3-13,21H,1-2H3. The summed E-state index contributed by atoms with van der Waals surface area (Å²) in [6, 6.07) is 20.4. The van der Waals surface area contributed by atoms with Crippen molar-refractivity contribution in [2.75, 3.05) is 0 Å². The zero-order valence-electron chi connectivity index (χ0n) is 13.1. The summed E-state index contributed by atoms with van der Waals surface area (Å²) in [6.45, 7) is 4.03. The second kappa shape index (κ2) is 6.44. The fraction of sp³-hybridized carbons (Fsp3) is 0.100. The molecule has 0 aliphatic heterocycles. The van der Waals surface area contributed by atoms with Crippen LogP contribution in [-0.4, -0.2) is 5.11 Å². The Labute approximate surface area is 135 Å². The molecule has 0 bridgehead atoms. The largest absolute Gasteiger partial charge is 0.504 e. The monoisotopic (exact) mass is 306 g/mol. The van der Waals surface area contributed by atoms with Gasteiger partial charge in [-0.15, -0.1) is 0 Å². The number of para-hydroxylation sites is 1. The van der Waals surface area contributed by atoms with E-state index in [0.717, 1.165) is 11.1 Å². The van der Waals surface area contributed by atoms with Gasteiger partial charge in [-0.2, -0.15) is 0 Å². The Balaban J connectivity index is 1.90. The molecule has 3 nitrogen and oxygen atoms in total. The van der Waals surface area contributed by atoms with E-state index in [-0.39, 0.29) is 5.75 Å². The molecule has 0 aromatic heterocycles. The van der Waals surface area contributed by atoms with Crippen molar-refractivity contribution < 1.29 is 14.6 Å². The van der Waals surface area contributed by atoms with Gasteiger partial charge in [0.1, 0.15) is 11.5 Å².